The normalized spacial score (nSPS) is 12.6. The Hall–Kier alpha value is -2.37. The highest BCUT2D eigenvalue weighted by molar-refractivity contribution is 5.85. The summed E-state index contributed by atoms with van der Waals surface area (Å²) in [6.07, 6.45) is 5.91. The van der Waals surface area contributed by atoms with Crippen molar-refractivity contribution >= 4 is 10.9 Å². The highest BCUT2D eigenvalue weighted by Crippen LogP contribution is 2.24. The van der Waals surface area contributed by atoms with Crippen molar-refractivity contribution in [1.29, 1.82) is 0 Å². The fourth-order valence-electron chi connectivity index (χ4n) is 2.74. The van der Waals surface area contributed by atoms with E-state index < -0.39 is 6.10 Å². The minimum atomic E-state index is -0.526. The number of nitrogens with one attached hydrogen (secondary N) is 1. The Balaban J connectivity index is 1.45. The third kappa shape index (κ3) is 4.34. The number of hydrogen-bond acceptors (Lipinski definition) is 4. The standard InChI is InChI=1S/C19H23N3O2/c1-22(12-8-15-5-9-20-10-6-15)13-16(23)14-24-19-4-2-3-18-17(19)7-11-21-18/h2-7,9-11,16,21,23H,8,12-14H2,1H3. The van der Waals surface area contributed by atoms with E-state index >= 15 is 0 Å². The topological polar surface area (TPSA) is 61.4 Å². The number of aromatic amines is 1. The van der Waals surface area contributed by atoms with Gasteiger partial charge in [0.05, 0.1) is 0 Å². The summed E-state index contributed by atoms with van der Waals surface area (Å²) in [6, 6.07) is 11.9. The third-order valence-electron chi connectivity index (χ3n) is 4.04. The van der Waals surface area contributed by atoms with Crippen LogP contribution in [0.4, 0.5) is 0 Å². The molecular formula is C19H23N3O2. The highest BCUT2D eigenvalue weighted by atomic mass is 16.5. The van der Waals surface area contributed by atoms with E-state index in [4.69, 9.17) is 4.74 Å². The van der Waals surface area contributed by atoms with Crippen LogP contribution in [0.1, 0.15) is 5.56 Å². The quantitative estimate of drug-likeness (QED) is 0.668. The third-order valence-corrected chi connectivity index (χ3v) is 4.04. The summed E-state index contributed by atoms with van der Waals surface area (Å²) in [6.45, 7) is 1.74. The van der Waals surface area contributed by atoms with Crippen LogP contribution in [-0.4, -0.2) is 52.8 Å². The minimum absolute atomic E-state index is 0.282. The molecule has 0 bridgehead atoms. The van der Waals surface area contributed by atoms with Crippen LogP contribution in [0.3, 0.4) is 0 Å². The largest absolute Gasteiger partial charge is 0.490 e. The first-order valence-corrected chi connectivity index (χ1v) is 8.17. The molecule has 0 aliphatic carbocycles. The SMILES string of the molecule is CN(CCc1ccncc1)CC(O)COc1cccc2[nH]ccc12. The number of fused-ring (bicyclic) bond motifs is 1. The summed E-state index contributed by atoms with van der Waals surface area (Å²) in [5.41, 5.74) is 2.29. The number of H-pyrrole nitrogens is 1. The maximum atomic E-state index is 10.2. The monoisotopic (exact) mass is 325 g/mol. The molecule has 1 aromatic carbocycles. The molecule has 5 nitrogen and oxygen atoms in total. The number of aliphatic hydroxyl groups is 1. The van der Waals surface area contributed by atoms with Crippen molar-refractivity contribution in [1.82, 2.24) is 14.9 Å². The molecule has 1 atom stereocenters. The lowest BCUT2D eigenvalue weighted by molar-refractivity contribution is 0.0773. The zero-order valence-electron chi connectivity index (χ0n) is 13.9. The molecule has 0 fully saturated rings. The first-order chi connectivity index (χ1) is 11.7. The summed E-state index contributed by atoms with van der Waals surface area (Å²) in [7, 11) is 2.01. The minimum Gasteiger partial charge on any atom is -0.490 e. The average molecular weight is 325 g/mol. The smallest absolute Gasteiger partial charge is 0.128 e. The zero-order valence-corrected chi connectivity index (χ0v) is 13.9. The fraction of sp³-hybridized carbons (Fsp3) is 0.316. The molecular weight excluding hydrogens is 302 g/mol. The number of rotatable bonds is 8. The number of aromatic nitrogens is 2. The van der Waals surface area contributed by atoms with Gasteiger partial charge in [-0.05, 0) is 49.4 Å². The summed E-state index contributed by atoms with van der Waals surface area (Å²) in [4.78, 5) is 9.29. The second kappa shape index (κ2) is 7.95. The van der Waals surface area contributed by atoms with Gasteiger partial charge >= 0.3 is 0 Å². The van der Waals surface area contributed by atoms with Crippen molar-refractivity contribution in [3.63, 3.8) is 0 Å². The summed E-state index contributed by atoms with van der Waals surface area (Å²) >= 11 is 0. The van der Waals surface area contributed by atoms with E-state index in [1.54, 1.807) is 12.4 Å². The summed E-state index contributed by atoms with van der Waals surface area (Å²) in [5.74, 6) is 0.798. The van der Waals surface area contributed by atoms with Gasteiger partial charge in [0.1, 0.15) is 18.5 Å². The first kappa shape index (κ1) is 16.5. The van der Waals surface area contributed by atoms with Crippen molar-refractivity contribution in [3.8, 4) is 5.75 Å². The molecule has 0 aliphatic rings. The molecule has 2 N–H and O–H groups in total. The van der Waals surface area contributed by atoms with Crippen LogP contribution >= 0.6 is 0 Å². The molecule has 0 saturated heterocycles. The van der Waals surface area contributed by atoms with Crippen LogP contribution in [-0.2, 0) is 6.42 Å². The lowest BCUT2D eigenvalue weighted by Gasteiger charge is -2.21. The predicted octanol–water partition coefficient (Wildman–Crippen LogP) is 2.48. The lowest BCUT2D eigenvalue weighted by Crippen LogP contribution is -2.34. The van der Waals surface area contributed by atoms with E-state index in [2.05, 4.69) is 14.9 Å². The van der Waals surface area contributed by atoms with E-state index in [1.807, 2.05) is 49.6 Å². The maximum Gasteiger partial charge on any atom is 0.128 e. The zero-order chi connectivity index (χ0) is 16.8. The van der Waals surface area contributed by atoms with Gasteiger partial charge < -0.3 is 19.7 Å². The van der Waals surface area contributed by atoms with Gasteiger partial charge in [0.25, 0.3) is 0 Å². The Morgan fingerprint density at radius 1 is 1.21 bits per heavy atom. The van der Waals surface area contributed by atoms with Crippen LogP contribution in [0, 0.1) is 0 Å². The van der Waals surface area contributed by atoms with Gasteiger partial charge in [0.2, 0.25) is 0 Å². The van der Waals surface area contributed by atoms with Crippen molar-refractivity contribution in [2.24, 2.45) is 0 Å². The van der Waals surface area contributed by atoms with E-state index in [9.17, 15) is 5.11 Å². The summed E-state index contributed by atoms with van der Waals surface area (Å²) < 4.78 is 5.80. The molecule has 3 aromatic rings. The number of aliphatic hydroxyl groups excluding tert-OH is 1. The van der Waals surface area contributed by atoms with E-state index in [0.717, 1.165) is 29.6 Å². The van der Waals surface area contributed by atoms with Crippen LogP contribution in [0.15, 0.2) is 55.0 Å². The van der Waals surface area contributed by atoms with Crippen LogP contribution in [0.25, 0.3) is 10.9 Å². The van der Waals surface area contributed by atoms with Gasteiger partial charge in [-0.15, -0.1) is 0 Å². The van der Waals surface area contributed by atoms with Crippen molar-refractivity contribution in [3.05, 3.63) is 60.6 Å². The highest BCUT2D eigenvalue weighted by Gasteiger charge is 2.11. The summed E-state index contributed by atoms with van der Waals surface area (Å²) in [5, 5.41) is 11.3. The molecule has 0 spiro atoms. The van der Waals surface area contributed by atoms with Crippen molar-refractivity contribution < 1.29 is 9.84 Å². The van der Waals surface area contributed by atoms with Gasteiger partial charge in [-0.1, -0.05) is 6.07 Å². The molecule has 126 valence electrons. The average Bonchev–Trinajstić information content (AvgIpc) is 3.08. The molecule has 5 heteroatoms. The second-order valence-electron chi connectivity index (χ2n) is 6.03. The fourth-order valence-corrected chi connectivity index (χ4v) is 2.74. The molecule has 3 rings (SSSR count). The van der Waals surface area contributed by atoms with Gasteiger partial charge in [-0.25, -0.2) is 0 Å². The maximum absolute atomic E-state index is 10.2. The van der Waals surface area contributed by atoms with Crippen LogP contribution < -0.4 is 4.74 Å². The van der Waals surface area contributed by atoms with Crippen LogP contribution in [0.2, 0.25) is 0 Å². The first-order valence-electron chi connectivity index (χ1n) is 8.17. The Morgan fingerprint density at radius 2 is 2.04 bits per heavy atom. The molecule has 2 heterocycles. The van der Waals surface area contributed by atoms with Gasteiger partial charge in [-0.3, -0.25) is 4.98 Å². The van der Waals surface area contributed by atoms with E-state index in [0.29, 0.717) is 6.54 Å². The number of hydrogen-bond donors (Lipinski definition) is 2. The van der Waals surface area contributed by atoms with E-state index in [1.165, 1.54) is 5.56 Å². The Bertz CT molecular complexity index is 757. The van der Waals surface area contributed by atoms with E-state index in [-0.39, 0.29) is 6.61 Å². The molecule has 24 heavy (non-hydrogen) atoms. The van der Waals surface area contributed by atoms with Gasteiger partial charge in [-0.2, -0.15) is 0 Å². The molecule has 0 saturated carbocycles. The molecule has 0 amide bonds. The number of pyridine rings is 1. The predicted molar refractivity (Wildman–Crippen MR) is 95.2 cm³/mol. The van der Waals surface area contributed by atoms with Crippen molar-refractivity contribution in [2.75, 3.05) is 26.7 Å². The number of benzene rings is 1. The Morgan fingerprint density at radius 3 is 2.88 bits per heavy atom. The van der Waals surface area contributed by atoms with Crippen molar-refractivity contribution in [2.45, 2.75) is 12.5 Å². The lowest BCUT2D eigenvalue weighted by atomic mass is 10.2. The second-order valence-corrected chi connectivity index (χ2v) is 6.03. The van der Waals surface area contributed by atoms with Crippen LogP contribution in [0.5, 0.6) is 5.75 Å². The molecule has 0 radical (unpaired) electrons. The Kier molecular flexibility index (Phi) is 5.46. The molecule has 2 aromatic heterocycles. The molecule has 0 aliphatic heterocycles. The van der Waals surface area contributed by atoms with Gasteiger partial charge in [0, 0.05) is 42.6 Å². The number of likely N-dealkylation sites (N-methyl/N-ethyl adjacent to an activating group) is 1. The van der Waals surface area contributed by atoms with Gasteiger partial charge in [0.15, 0.2) is 0 Å². The number of nitrogens with zero attached hydrogens (tertiary/aromatic N) is 2. The molecule has 1 unspecified atom stereocenters. The number of ether oxygens (including phenoxy) is 1. The Labute approximate surface area is 141 Å².